The van der Waals surface area contributed by atoms with Gasteiger partial charge in [-0.05, 0) is 26.0 Å². The average molecular weight is 278 g/mol. The molecule has 3 rings (SSSR count). The summed E-state index contributed by atoms with van der Waals surface area (Å²) in [6.07, 6.45) is 4.64. The Bertz CT molecular complexity index is 681. The largest absolute Gasteiger partial charge is 0.453 e. The minimum atomic E-state index is -1.02. The van der Waals surface area contributed by atoms with E-state index in [0.717, 1.165) is 6.07 Å². The minimum Gasteiger partial charge on any atom is -0.453 e. The zero-order valence-corrected chi connectivity index (χ0v) is 10.9. The highest BCUT2D eigenvalue weighted by Gasteiger charge is 2.45. The van der Waals surface area contributed by atoms with Gasteiger partial charge in [-0.3, -0.25) is 0 Å². The van der Waals surface area contributed by atoms with Crippen molar-refractivity contribution in [2.24, 2.45) is 0 Å². The van der Waals surface area contributed by atoms with Gasteiger partial charge in [-0.15, -0.1) is 0 Å². The SMILES string of the molecule is CC1(C)OC(=O)c2ccc(F)c(F)c2C1n1ccnc1. The van der Waals surface area contributed by atoms with Crippen molar-refractivity contribution in [3.63, 3.8) is 0 Å². The lowest BCUT2D eigenvalue weighted by molar-refractivity contribution is -0.0271. The number of ether oxygens (including phenoxy) is 1. The number of hydrogen-bond donors (Lipinski definition) is 0. The van der Waals surface area contributed by atoms with E-state index in [0.29, 0.717) is 0 Å². The number of halogens is 2. The summed E-state index contributed by atoms with van der Waals surface area (Å²) < 4.78 is 34.7. The van der Waals surface area contributed by atoms with E-state index in [1.807, 2.05) is 0 Å². The van der Waals surface area contributed by atoms with Crippen LogP contribution in [-0.2, 0) is 4.74 Å². The Morgan fingerprint density at radius 3 is 2.75 bits per heavy atom. The second-order valence-corrected chi connectivity index (χ2v) is 5.23. The first kappa shape index (κ1) is 12.8. The second kappa shape index (κ2) is 4.13. The van der Waals surface area contributed by atoms with E-state index in [1.54, 1.807) is 24.6 Å². The highest BCUT2D eigenvalue weighted by Crippen LogP contribution is 2.41. The van der Waals surface area contributed by atoms with Gasteiger partial charge in [-0.25, -0.2) is 18.6 Å². The van der Waals surface area contributed by atoms with Crippen LogP contribution in [0.3, 0.4) is 0 Å². The summed E-state index contributed by atoms with van der Waals surface area (Å²) in [7, 11) is 0. The van der Waals surface area contributed by atoms with Crippen LogP contribution in [0.15, 0.2) is 30.9 Å². The van der Waals surface area contributed by atoms with E-state index in [-0.39, 0.29) is 11.1 Å². The molecular weight excluding hydrogens is 266 g/mol. The number of fused-ring (bicyclic) bond motifs is 1. The Balaban J connectivity index is 2.31. The number of esters is 1. The first-order valence-corrected chi connectivity index (χ1v) is 6.10. The summed E-state index contributed by atoms with van der Waals surface area (Å²) >= 11 is 0. The number of rotatable bonds is 1. The Morgan fingerprint density at radius 1 is 1.35 bits per heavy atom. The van der Waals surface area contributed by atoms with Gasteiger partial charge in [0.05, 0.1) is 11.9 Å². The maximum atomic E-state index is 14.2. The summed E-state index contributed by atoms with van der Waals surface area (Å²) in [6.45, 7) is 3.31. The fraction of sp³-hybridized carbons (Fsp3) is 0.286. The highest BCUT2D eigenvalue weighted by atomic mass is 19.2. The number of hydrogen-bond acceptors (Lipinski definition) is 3. The number of aromatic nitrogens is 2. The fourth-order valence-corrected chi connectivity index (χ4v) is 2.64. The molecule has 0 fully saturated rings. The molecular formula is C14H12F2N2O2. The Morgan fingerprint density at radius 2 is 2.10 bits per heavy atom. The molecule has 2 heterocycles. The van der Waals surface area contributed by atoms with Crippen LogP contribution in [0, 0.1) is 11.6 Å². The number of carbonyl (C=O) groups excluding carboxylic acids is 1. The van der Waals surface area contributed by atoms with Crippen molar-refractivity contribution in [3.05, 3.63) is 53.6 Å². The maximum absolute atomic E-state index is 14.2. The molecule has 1 aliphatic heterocycles. The van der Waals surface area contributed by atoms with Gasteiger partial charge in [-0.1, -0.05) is 0 Å². The third-order valence-electron chi connectivity index (χ3n) is 3.46. The summed E-state index contributed by atoms with van der Waals surface area (Å²) in [5.41, 5.74) is -0.967. The molecule has 0 aliphatic carbocycles. The quantitative estimate of drug-likeness (QED) is 0.753. The van der Waals surface area contributed by atoms with E-state index >= 15 is 0 Å². The zero-order valence-electron chi connectivity index (χ0n) is 10.9. The van der Waals surface area contributed by atoms with Crippen molar-refractivity contribution in [2.45, 2.75) is 25.5 Å². The van der Waals surface area contributed by atoms with Crippen molar-refractivity contribution in [2.75, 3.05) is 0 Å². The van der Waals surface area contributed by atoms with Crippen LogP contribution in [0.25, 0.3) is 0 Å². The molecule has 0 spiro atoms. The Hall–Kier alpha value is -2.24. The summed E-state index contributed by atoms with van der Waals surface area (Å²) in [6, 6.07) is 1.50. The molecule has 2 aromatic rings. The van der Waals surface area contributed by atoms with Crippen LogP contribution in [0.2, 0.25) is 0 Å². The van der Waals surface area contributed by atoms with Gasteiger partial charge in [0, 0.05) is 18.0 Å². The molecule has 1 aromatic heterocycles. The molecule has 0 amide bonds. The third-order valence-corrected chi connectivity index (χ3v) is 3.46. The molecule has 0 saturated carbocycles. The first-order chi connectivity index (χ1) is 9.42. The van der Waals surface area contributed by atoms with Crippen LogP contribution >= 0.6 is 0 Å². The molecule has 0 bridgehead atoms. The van der Waals surface area contributed by atoms with Crippen LogP contribution in [-0.4, -0.2) is 21.1 Å². The lowest BCUT2D eigenvalue weighted by atomic mass is 9.85. The van der Waals surface area contributed by atoms with Crippen LogP contribution < -0.4 is 0 Å². The predicted molar refractivity (Wildman–Crippen MR) is 66.2 cm³/mol. The molecule has 0 saturated heterocycles. The molecule has 104 valence electrons. The molecule has 6 heteroatoms. The molecule has 0 N–H and O–H groups in total. The molecule has 1 unspecified atom stereocenters. The lowest BCUT2D eigenvalue weighted by Gasteiger charge is -2.39. The zero-order chi connectivity index (χ0) is 14.5. The maximum Gasteiger partial charge on any atom is 0.339 e. The van der Waals surface area contributed by atoms with Crippen molar-refractivity contribution >= 4 is 5.97 Å². The average Bonchev–Trinajstić information content (AvgIpc) is 2.86. The van der Waals surface area contributed by atoms with E-state index in [9.17, 15) is 13.6 Å². The Labute approximate surface area is 114 Å². The summed E-state index contributed by atoms with van der Waals surface area (Å²) in [4.78, 5) is 15.9. The van der Waals surface area contributed by atoms with E-state index in [1.165, 1.54) is 18.6 Å². The van der Waals surface area contributed by atoms with Crippen molar-refractivity contribution in [1.82, 2.24) is 9.55 Å². The monoisotopic (exact) mass is 278 g/mol. The predicted octanol–water partition coefficient (Wildman–Crippen LogP) is 2.70. The number of benzene rings is 1. The molecule has 1 aromatic carbocycles. The molecule has 1 atom stereocenters. The second-order valence-electron chi connectivity index (χ2n) is 5.23. The number of nitrogens with zero attached hydrogens (tertiary/aromatic N) is 2. The number of imidazole rings is 1. The Kier molecular flexibility index (Phi) is 2.64. The van der Waals surface area contributed by atoms with Gasteiger partial charge >= 0.3 is 5.97 Å². The minimum absolute atomic E-state index is 0.00394. The third kappa shape index (κ3) is 1.71. The van der Waals surface area contributed by atoms with Crippen LogP contribution in [0.4, 0.5) is 8.78 Å². The van der Waals surface area contributed by atoms with Gasteiger partial charge in [0.15, 0.2) is 11.6 Å². The molecule has 20 heavy (non-hydrogen) atoms. The highest BCUT2D eigenvalue weighted by molar-refractivity contribution is 5.93. The van der Waals surface area contributed by atoms with E-state index < -0.39 is 29.2 Å². The van der Waals surface area contributed by atoms with Gasteiger partial charge in [0.2, 0.25) is 0 Å². The fourth-order valence-electron chi connectivity index (χ4n) is 2.64. The summed E-state index contributed by atoms with van der Waals surface area (Å²) in [5, 5.41) is 0. The number of cyclic esters (lactones) is 1. The van der Waals surface area contributed by atoms with Crippen LogP contribution in [0.1, 0.15) is 35.8 Å². The standard InChI is InChI=1S/C14H12F2N2O2/c1-14(2)12(18-6-5-17-7-18)10-8(13(19)20-14)3-4-9(15)11(10)16/h3-7,12H,1-2H3. The topological polar surface area (TPSA) is 44.1 Å². The van der Waals surface area contributed by atoms with Gasteiger partial charge in [0.1, 0.15) is 11.6 Å². The molecule has 1 aliphatic rings. The first-order valence-electron chi connectivity index (χ1n) is 6.10. The van der Waals surface area contributed by atoms with Crippen LogP contribution in [0.5, 0.6) is 0 Å². The normalized spacial score (nSPS) is 20.4. The smallest absolute Gasteiger partial charge is 0.339 e. The van der Waals surface area contributed by atoms with Gasteiger partial charge in [0.25, 0.3) is 0 Å². The van der Waals surface area contributed by atoms with Crippen molar-refractivity contribution < 1.29 is 18.3 Å². The van der Waals surface area contributed by atoms with Gasteiger partial charge in [-0.2, -0.15) is 0 Å². The van der Waals surface area contributed by atoms with Crippen molar-refractivity contribution in [1.29, 1.82) is 0 Å². The number of carbonyl (C=O) groups is 1. The molecule has 0 radical (unpaired) electrons. The lowest BCUT2D eigenvalue weighted by Crippen LogP contribution is -2.44. The molecule has 4 nitrogen and oxygen atoms in total. The summed E-state index contributed by atoms with van der Waals surface area (Å²) in [5.74, 6) is -2.66. The van der Waals surface area contributed by atoms with Gasteiger partial charge < -0.3 is 9.30 Å². The van der Waals surface area contributed by atoms with E-state index in [4.69, 9.17) is 4.74 Å². The van der Waals surface area contributed by atoms with Crippen molar-refractivity contribution in [3.8, 4) is 0 Å². The van der Waals surface area contributed by atoms with E-state index in [2.05, 4.69) is 4.98 Å².